The van der Waals surface area contributed by atoms with Crippen LogP contribution in [0.2, 0.25) is 0 Å². The highest BCUT2D eigenvalue weighted by molar-refractivity contribution is 6.07. The van der Waals surface area contributed by atoms with Gasteiger partial charge in [-0.2, -0.15) is 0 Å². The first-order valence-electron chi connectivity index (χ1n) is 4.95. The molecule has 3 aromatic carbocycles. The summed E-state index contributed by atoms with van der Waals surface area (Å²) in [5.74, 6) is 0.297. The van der Waals surface area contributed by atoms with E-state index in [4.69, 9.17) is 0 Å². The van der Waals surface area contributed by atoms with Crippen LogP contribution in [0.3, 0.4) is 0 Å². The number of aromatic hydroxyl groups is 1. The lowest BCUT2D eigenvalue weighted by molar-refractivity contribution is 0.476. The maximum Gasteiger partial charge on any atom is 0.115 e. The second-order valence-electron chi connectivity index (χ2n) is 3.69. The van der Waals surface area contributed by atoms with E-state index in [9.17, 15) is 5.11 Å². The Labute approximate surface area is 87.6 Å². The molecule has 15 heavy (non-hydrogen) atoms. The third-order valence-electron chi connectivity index (χ3n) is 2.75. The van der Waals surface area contributed by atoms with Crippen LogP contribution in [0.15, 0.2) is 54.6 Å². The Hall–Kier alpha value is -2.02. The molecule has 72 valence electrons. The molecular formula is C14H10O. The fraction of sp³-hybridized carbons (Fsp3) is 0. The van der Waals surface area contributed by atoms with Gasteiger partial charge in [0, 0.05) is 0 Å². The van der Waals surface area contributed by atoms with Crippen molar-refractivity contribution in [1.82, 2.24) is 0 Å². The molecule has 0 aliphatic heterocycles. The van der Waals surface area contributed by atoms with Crippen molar-refractivity contribution in [1.29, 1.82) is 0 Å². The van der Waals surface area contributed by atoms with E-state index in [-0.39, 0.29) is 0 Å². The van der Waals surface area contributed by atoms with Gasteiger partial charge in [-0.3, -0.25) is 0 Å². The van der Waals surface area contributed by atoms with Crippen molar-refractivity contribution in [2.24, 2.45) is 0 Å². The van der Waals surface area contributed by atoms with Gasteiger partial charge in [0.15, 0.2) is 0 Å². The predicted octanol–water partition coefficient (Wildman–Crippen LogP) is 3.70. The van der Waals surface area contributed by atoms with E-state index in [1.165, 1.54) is 16.2 Å². The van der Waals surface area contributed by atoms with Crippen LogP contribution >= 0.6 is 0 Å². The van der Waals surface area contributed by atoms with Crippen molar-refractivity contribution in [3.63, 3.8) is 0 Å². The molecule has 0 heterocycles. The Kier molecular flexibility index (Phi) is 1.65. The molecule has 1 nitrogen and oxygen atoms in total. The van der Waals surface area contributed by atoms with Crippen molar-refractivity contribution in [2.75, 3.05) is 0 Å². The molecule has 1 heteroatoms. The summed E-state index contributed by atoms with van der Waals surface area (Å²) >= 11 is 0. The predicted molar refractivity (Wildman–Crippen MR) is 63.1 cm³/mol. The molecule has 0 fully saturated rings. The van der Waals surface area contributed by atoms with E-state index in [1.54, 1.807) is 12.1 Å². The molecule has 0 aromatic heterocycles. The molecule has 0 aliphatic carbocycles. The average molecular weight is 194 g/mol. The molecular weight excluding hydrogens is 184 g/mol. The topological polar surface area (TPSA) is 20.2 Å². The summed E-state index contributed by atoms with van der Waals surface area (Å²) in [6.45, 7) is 0. The Bertz CT molecular complexity index is 641. The summed E-state index contributed by atoms with van der Waals surface area (Å²) < 4.78 is 0. The van der Waals surface area contributed by atoms with Crippen molar-refractivity contribution in [2.45, 2.75) is 0 Å². The quantitative estimate of drug-likeness (QED) is 0.578. The van der Waals surface area contributed by atoms with Crippen LogP contribution < -0.4 is 0 Å². The summed E-state index contributed by atoms with van der Waals surface area (Å²) in [6, 6.07) is 17.8. The average Bonchev–Trinajstić information content (AvgIpc) is 2.64. The Balaban J connectivity index is 2.58. The fourth-order valence-corrected chi connectivity index (χ4v) is 1.98. The maximum atomic E-state index is 9.43. The normalized spacial score (nSPS) is 10.9. The zero-order chi connectivity index (χ0) is 10.3. The summed E-state index contributed by atoms with van der Waals surface area (Å²) in [6.07, 6.45) is 0. The van der Waals surface area contributed by atoms with E-state index in [1.807, 2.05) is 12.1 Å². The standard InChI is InChI=1S/C14H10O/c15-12-7-6-11-5-4-10-2-1-3-13(10)14(11)9-8-12/h1-9,15H. The molecule has 0 radical (unpaired) electrons. The third-order valence-corrected chi connectivity index (χ3v) is 2.75. The molecule has 3 rings (SSSR count). The van der Waals surface area contributed by atoms with E-state index >= 15 is 0 Å². The van der Waals surface area contributed by atoms with E-state index in [2.05, 4.69) is 30.3 Å². The van der Waals surface area contributed by atoms with Crippen LogP contribution in [0.25, 0.3) is 21.5 Å². The van der Waals surface area contributed by atoms with E-state index < -0.39 is 0 Å². The first-order valence-corrected chi connectivity index (χ1v) is 4.95. The lowest BCUT2D eigenvalue weighted by Gasteiger charge is -1.95. The second kappa shape index (κ2) is 2.99. The molecule has 3 aromatic rings. The van der Waals surface area contributed by atoms with Crippen LogP contribution in [0, 0.1) is 0 Å². The van der Waals surface area contributed by atoms with Crippen molar-refractivity contribution < 1.29 is 5.11 Å². The van der Waals surface area contributed by atoms with Gasteiger partial charge in [0.05, 0.1) is 0 Å². The zero-order valence-electron chi connectivity index (χ0n) is 8.14. The van der Waals surface area contributed by atoms with Crippen molar-refractivity contribution >= 4 is 21.5 Å². The van der Waals surface area contributed by atoms with Crippen LogP contribution in [0.4, 0.5) is 0 Å². The van der Waals surface area contributed by atoms with Gasteiger partial charge >= 0.3 is 0 Å². The van der Waals surface area contributed by atoms with Gasteiger partial charge in [-0.25, -0.2) is 0 Å². The van der Waals surface area contributed by atoms with E-state index in [0.29, 0.717) is 5.75 Å². The number of hydrogen-bond donors (Lipinski definition) is 1. The number of benzene rings is 1. The molecule has 0 saturated carbocycles. The minimum Gasteiger partial charge on any atom is -0.508 e. The van der Waals surface area contributed by atoms with Crippen molar-refractivity contribution in [3.05, 3.63) is 54.6 Å². The summed E-state index contributed by atoms with van der Waals surface area (Å²) in [5.41, 5.74) is 0. The Morgan fingerprint density at radius 3 is 2.07 bits per heavy atom. The molecule has 1 N–H and O–H groups in total. The minimum atomic E-state index is 0.297. The molecule has 0 aliphatic rings. The Morgan fingerprint density at radius 1 is 0.600 bits per heavy atom. The first-order chi connectivity index (χ1) is 7.34. The second-order valence-corrected chi connectivity index (χ2v) is 3.69. The number of hydrogen-bond acceptors (Lipinski definition) is 1. The van der Waals surface area contributed by atoms with Gasteiger partial charge in [0.1, 0.15) is 5.75 Å². The van der Waals surface area contributed by atoms with Crippen LogP contribution in [0.5, 0.6) is 5.75 Å². The first kappa shape index (κ1) is 8.30. The fourth-order valence-electron chi connectivity index (χ4n) is 1.98. The van der Waals surface area contributed by atoms with Gasteiger partial charge < -0.3 is 5.11 Å². The van der Waals surface area contributed by atoms with Gasteiger partial charge in [0.25, 0.3) is 0 Å². The van der Waals surface area contributed by atoms with Crippen LogP contribution in [-0.2, 0) is 0 Å². The maximum absolute atomic E-state index is 9.43. The molecule has 0 atom stereocenters. The molecule has 0 bridgehead atoms. The molecule has 0 amide bonds. The highest BCUT2D eigenvalue weighted by Gasteiger charge is 1.99. The van der Waals surface area contributed by atoms with Gasteiger partial charge in [-0.1, -0.05) is 42.5 Å². The smallest absolute Gasteiger partial charge is 0.115 e. The lowest BCUT2D eigenvalue weighted by Crippen LogP contribution is -1.67. The lowest BCUT2D eigenvalue weighted by atomic mass is 10.1. The van der Waals surface area contributed by atoms with Crippen molar-refractivity contribution in [3.8, 4) is 5.75 Å². The minimum absolute atomic E-state index is 0.297. The SMILES string of the molecule is Oc1ccc2ccc3cccc3c2cc1. The molecule has 0 spiro atoms. The van der Waals surface area contributed by atoms with Gasteiger partial charge in [-0.15, -0.1) is 0 Å². The number of fused-ring (bicyclic) bond motifs is 3. The summed E-state index contributed by atoms with van der Waals surface area (Å²) in [7, 11) is 0. The monoisotopic (exact) mass is 194 g/mol. The van der Waals surface area contributed by atoms with E-state index in [0.717, 1.165) is 5.39 Å². The van der Waals surface area contributed by atoms with Gasteiger partial charge in [-0.05, 0) is 33.7 Å². The summed E-state index contributed by atoms with van der Waals surface area (Å²) in [5, 5.41) is 14.2. The highest BCUT2D eigenvalue weighted by atomic mass is 16.3. The molecule has 0 unspecified atom stereocenters. The largest absolute Gasteiger partial charge is 0.508 e. The van der Waals surface area contributed by atoms with Crippen LogP contribution in [-0.4, -0.2) is 5.11 Å². The number of rotatable bonds is 0. The Morgan fingerprint density at radius 2 is 1.20 bits per heavy atom. The summed E-state index contributed by atoms with van der Waals surface area (Å²) in [4.78, 5) is 0. The zero-order valence-corrected chi connectivity index (χ0v) is 8.14. The van der Waals surface area contributed by atoms with Gasteiger partial charge in [0.2, 0.25) is 0 Å². The highest BCUT2D eigenvalue weighted by Crippen LogP contribution is 2.26. The third kappa shape index (κ3) is 1.24. The van der Waals surface area contributed by atoms with Crippen LogP contribution in [0.1, 0.15) is 0 Å². The molecule has 0 saturated heterocycles.